The number of anilines is 1. The van der Waals surface area contributed by atoms with Crippen molar-refractivity contribution in [2.24, 2.45) is 0 Å². The zero-order chi connectivity index (χ0) is 16.5. The molecular weight excluding hydrogens is 322 g/mol. The smallest absolute Gasteiger partial charge is 0.268 e. The fraction of sp³-hybridized carbons (Fsp3) is 0.111. The number of hydrogen-bond donors (Lipinski definition) is 2. The first-order chi connectivity index (χ1) is 11.7. The van der Waals surface area contributed by atoms with Crippen molar-refractivity contribution in [1.29, 1.82) is 0 Å². The molecule has 0 aliphatic carbocycles. The van der Waals surface area contributed by atoms with Crippen LogP contribution in [0.3, 0.4) is 0 Å². The van der Waals surface area contributed by atoms with Crippen molar-refractivity contribution in [1.82, 2.24) is 8.94 Å². The predicted molar refractivity (Wildman–Crippen MR) is 97.6 cm³/mol. The van der Waals surface area contributed by atoms with Crippen molar-refractivity contribution in [3.8, 4) is 0 Å². The molecule has 1 amide bonds. The molecule has 0 radical (unpaired) electrons. The Balaban J connectivity index is 1.45. The molecule has 0 spiro atoms. The Kier molecular flexibility index (Phi) is 3.66. The number of aryl methyl sites for hydroxylation is 1. The molecule has 2 heterocycles. The highest BCUT2D eigenvalue weighted by Gasteiger charge is 2.09. The van der Waals surface area contributed by atoms with Gasteiger partial charge in [0.05, 0.1) is 10.1 Å². The lowest BCUT2D eigenvalue weighted by atomic mass is 10.2. The summed E-state index contributed by atoms with van der Waals surface area (Å²) in [6, 6.07) is 15.2. The highest BCUT2D eigenvalue weighted by Crippen LogP contribution is 2.19. The number of amides is 1. The minimum atomic E-state index is -0.103. The van der Waals surface area contributed by atoms with Crippen molar-refractivity contribution in [2.75, 3.05) is 5.32 Å². The lowest BCUT2D eigenvalue weighted by molar-refractivity contribution is -0.116. The van der Waals surface area contributed by atoms with Crippen molar-refractivity contribution in [3.63, 3.8) is 0 Å². The Morgan fingerprint density at radius 1 is 1.17 bits per heavy atom. The number of benzene rings is 2. The second-order valence-electron chi connectivity index (χ2n) is 5.57. The molecule has 0 fully saturated rings. The van der Waals surface area contributed by atoms with Gasteiger partial charge in [-0.15, -0.1) is 0 Å². The van der Waals surface area contributed by atoms with Crippen LogP contribution >= 0.6 is 11.5 Å². The van der Waals surface area contributed by atoms with Gasteiger partial charge in [0.2, 0.25) is 5.91 Å². The number of rotatable bonds is 4. The first-order valence-electron chi connectivity index (χ1n) is 7.66. The fourth-order valence-electron chi connectivity index (χ4n) is 2.72. The summed E-state index contributed by atoms with van der Waals surface area (Å²) >= 11 is 1.40. The van der Waals surface area contributed by atoms with Crippen molar-refractivity contribution >= 4 is 44.1 Å². The summed E-state index contributed by atoms with van der Waals surface area (Å²) in [4.78, 5) is 27.5. The third-order valence-electron chi connectivity index (χ3n) is 3.93. The van der Waals surface area contributed by atoms with Crippen LogP contribution in [0.2, 0.25) is 0 Å². The van der Waals surface area contributed by atoms with E-state index >= 15 is 0 Å². The molecule has 6 heteroatoms. The first kappa shape index (κ1) is 14.7. The van der Waals surface area contributed by atoms with E-state index in [0.29, 0.717) is 11.9 Å². The predicted octanol–water partition coefficient (Wildman–Crippen LogP) is 3.57. The standard InChI is InChI=1S/C18H15N3O2S/c22-17(20-13-5-6-15-12(11-13)7-9-19-15)8-10-21-18(23)14-3-1-2-4-16(14)24-21/h1-7,9,11,19H,8,10H2,(H,20,22). The van der Waals surface area contributed by atoms with Crippen LogP contribution < -0.4 is 10.9 Å². The van der Waals surface area contributed by atoms with Gasteiger partial charge >= 0.3 is 0 Å². The van der Waals surface area contributed by atoms with E-state index in [9.17, 15) is 9.59 Å². The lowest BCUT2D eigenvalue weighted by Crippen LogP contribution is -2.18. The second kappa shape index (κ2) is 5.98. The van der Waals surface area contributed by atoms with Gasteiger partial charge in [0.15, 0.2) is 0 Å². The van der Waals surface area contributed by atoms with Crippen molar-refractivity contribution < 1.29 is 4.79 Å². The quantitative estimate of drug-likeness (QED) is 0.598. The normalized spacial score (nSPS) is 11.2. The summed E-state index contributed by atoms with van der Waals surface area (Å²) in [6.45, 7) is 0.385. The molecule has 4 rings (SSSR count). The number of carbonyl (C=O) groups is 1. The molecule has 2 N–H and O–H groups in total. The van der Waals surface area contributed by atoms with Gasteiger partial charge in [0.25, 0.3) is 5.56 Å². The summed E-state index contributed by atoms with van der Waals surface area (Å²) in [5, 5.41) is 4.64. The van der Waals surface area contributed by atoms with E-state index in [4.69, 9.17) is 0 Å². The van der Waals surface area contributed by atoms with E-state index in [2.05, 4.69) is 10.3 Å². The molecule has 5 nitrogen and oxygen atoms in total. The minimum absolute atomic E-state index is 0.0304. The maximum absolute atomic E-state index is 12.3. The fourth-order valence-corrected chi connectivity index (χ4v) is 3.72. The van der Waals surface area contributed by atoms with Crippen LogP contribution in [-0.2, 0) is 11.3 Å². The first-order valence-corrected chi connectivity index (χ1v) is 8.44. The summed E-state index contributed by atoms with van der Waals surface area (Å²) in [5.41, 5.74) is 1.76. The van der Waals surface area contributed by atoms with Gasteiger partial charge in [-0.25, -0.2) is 0 Å². The molecule has 0 saturated heterocycles. The largest absolute Gasteiger partial charge is 0.361 e. The molecule has 4 aromatic rings. The molecule has 24 heavy (non-hydrogen) atoms. The number of fused-ring (bicyclic) bond motifs is 2. The van der Waals surface area contributed by atoms with Gasteiger partial charge in [-0.2, -0.15) is 0 Å². The molecule has 0 unspecified atom stereocenters. The lowest BCUT2D eigenvalue weighted by Gasteiger charge is -2.05. The van der Waals surface area contributed by atoms with E-state index in [0.717, 1.165) is 21.3 Å². The van der Waals surface area contributed by atoms with E-state index in [1.165, 1.54) is 11.5 Å². The summed E-state index contributed by atoms with van der Waals surface area (Å²) in [6.07, 6.45) is 2.13. The summed E-state index contributed by atoms with van der Waals surface area (Å²) in [5.74, 6) is -0.103. The number of hydrogen-bond acceptors (Lipinski definition) is 3. The van der Waals surface area contributed by atoms with Crippen LogP contribution in [0.1, 0.15) is 6.42 Å². The Morgan fingerprint density at radius 2 is 2.04 bits per heavy atom. The number of aromatic amines is 1. The number of nitrogens with zero attached hydrogens (tertiary/aromatic N) is 1. The third-order valence-corrected chi connectivity index (χ3v) is 5.05. The Bertz CT molecular complexity index is 1090. The molecule has 0 aliphatic rings. The van der Waals surface area contributed by atoms with Crippen LogP contribution in [0.5, 0.6) is 0 Å². The number of H-pyrrole nitrogens is 1. The van der Waals surface area contributed by atoms with Gasteiger partial charge in [-0.3, -0.25) is 13.5 Å². The van der Waals surface area contributed by atoms with Gasteiger partial charge in [0.1, 0.15) is 0 Å². The third kappa shape index (κ3) is 2.72. The molecule has 0 atom stereocenters. The SMILES string of the molecule is O=C(CCn1sc2ccccc2c1=O)Nc1ccc2[nH]ccc2c1. The summed E-state index contributed by atoms with van der Waals surface area (Å²) < 4.78 is 2.58. The second-order valence-corrected chi connectivity index (χ2v) is 6.64. The zero-order valence-electron chi connectivity index (χ0n) is 12.8. The zero-order valence-corrected chi connectivity index (χ0v) is 13.6. The number of carbonyl (C=O) groups excluding carboxylic acids is 1. The maximum atomic E-state index is 12.3. The highest BCUT2D eigenvalue weighted by molar-refractivity contribution is 7.13. The maximum Gasteiger partial charge on any atom is 0.268 e. The van der Waals surface area contributed by atoms with Crippen molar-refractivity contribution in [3.05, 3.63) is 65.1 Å². The minimum Gasteiger partial charge on any atom is -0.361 e. The molecule has 120 valence electrons. The molecule has 2 aromatic heterocycles. The van der Waals surface area contributed by atoms with Crippen molar-refractivity contribution in [2.45, 2.75) is 13.0 Å². The molecular formula is C18H15N3O2S. The Hall–Kier alpha value is -2.86. The van der Waals surface area contributed by atoms with Crippen LogP contribution in [-0.4, -0.2) is 14.8 Å². The molecule has 2 aromatic carbocycles. The molecule has 0 aliphatic heterocycles. The number of aromatic nitrogens is 2. The summed E-state index contributed by atoms with van der Waals surface area (Å²) in [7, 11) is 0. The van der Waals surface area contributed by atoms with Crippen LogP contribution in [0.25, 0.3) is 21.0 Å². The molecule has 0 bridgehead atoms. The topological polar surface area (TPSA) is 66.9 Å². The van der Waals surface area contributed by atoms with Gasteiger partial charge in [0, 0.05) is 35.8 Å². The Morgan fingerprint density at radius 3 is 2.92 bits per heavy atom. The van der Waals surface area contributed by atoms with E-state index < -0.39 is 0 Å². The van der Waals surface area contributed by atoms with Crippen LogP contribution in [0.15, 0.2) is 59.5 Å². The van der Waals surface area contributed by atoms with Crippen LogP contribution in [0, 0.1) is 0 Å². The Labute approximate surface area is 141 Å². The van der Waals surface area contributed by atoms with E-state index in [1.54, 1.807) is 3.96 Å². The monoisotopic (exact) mass is 337 g/mol. The van der Waals surface area contributed by atoms with Crippen LogP contribution in [0.4, 0.5) is 5.69 Å². The van der Waals surface area contributed by atoms with Gasteiger partial charge in [-0.1, -0.05) is 23.7 Å². The number of nitrogens with one attached hydrogen (secondary N) is 2. The highest BCUT2D eigenvalue weighted by atomic mass is 32.1. The van der Waals surface area contributed by atoms with E-state index in [-0.39, 0.29) is 17.9 Å². The van der Waals surface area contributed by atoms with E-state index in [1.807, 2.05) is 54.7 Å². The average Bonchev–Trinajstić information content (AvgIpc) is 3.17. The van der Waals surface area contributed by atoms with Gasteiger partial charge < -0.3 is 10.3 Å². The molecule has 0 saturated carbocycles. The van der Waals surface area contributed by atoms with Gasteiger partial charge in [-0.05, 0) is 36.4 Å². The average molecular weight is 337 g/mol.